The fourth-order valence-electron chi connectivity index (χ4n) is 1.50. The van der Waals surface area contributed by atoms with Crippen molar-refractivity contribution in [1.82, 2.24) is 20.5 Å². The Morgan fingerprint density at radius 3 is 2.82 bits per heavy atom. The monoisotopic (exact) mass is 230 g/mol. The molecule has 1 atom stereocenters. The van der Waals surface area contributed by atoms with Gasteiger partial charge in [0, 0.05) is 5.56 Å². The fourth-order valence-corrected chi connectivity index (χ4v) is 1.50. The van der Waals surface area contributed by atoms with Crippen molar-refractivity contribution >= 4 is 5.78 Å². The Kier molecular flexibility index (Phi) is 3.62. The summed E-state index contributed by atoms with van der Waals surface area (Å²) < 4.78 is 0. The van der Waals surface area contributed by atoms with Gasteiger partial charge in [0.25, 0.3) is 0 Å². The van der Waals surface area contributed by atoms with Crippen LogP contribution in [0.5, 0.6) is 0 Å². The fraction of sp³-hybridized carbons (Fsp3) is 0.250. The van der Waals surface area contributed by atoms with E-state index in [0.717, 1.165) is 5.82 Å². The Hall–Kier alpha value is -2.01. The van der Waals surface area contributed by atoms with Crippen LogP contribution in [0.25, 0.3) is 0 Å². The second-order valence-corrected chi connectivity index (χ2v) is 3.77. The van der Waals surface area contributed by atoms with Gasteiger partial charge in [0.15, 0.2) is 5.78 Å². The molecule has 0 aliphatic heterocycles. The highest BCUT2D eigenvalue weighted by atomic mass is 16.1. The SMILES string of the molecule is CC(NCC(=O)c1ccccc1)c1nnc[nH]1. The van der Waals surface area contributed by atoms with Crippen molar-refractivity contribution in [2.24, 2.45) is 0 Å². The number of Topliss-reactive ketones (excluding diaryl/α,β-unsaturated/α-hetero) is 1. The van der Waals surface area contributed by atoms with Crippen molar-refractivity contribution in [2.45, 2.75) is 13.0 Å². The molecule has 5 heteroatoms. The maximum Gasteiger partial charge on any atom is 0.176 e. The van der Waals surface area contributed by atoms with E-state index in [0.29, 0.717) is 5.56 Å². The third-order valence-corrected chi connectivity index (χ3v) is 2.51. The van der Waals surface area contributed by atoms with Gasteiger partial charge in [0.1, 0.15) is 12.2 Å². The topological polar surface area (TPSA) is 70.7 Å². The summed E-state index contributed by atoms with van der Waals surface area (Å²) in [5.41, 5.74) is 0.713. The summed E-state index contributed by atoms with van der Waals surface area (Å²) in [5, 5.41) is 10.7. The van der Waals surface area contributed by atoms with Crippen molar-refractivity contribution in [3.8, 4) is 0 Å². The summed E-state index contributed by atoms with van der Waals surface area (Å²) in [6.07, 6.45) is 1.52. The number of benzene rings is 1. The van der Waals surface area contributed by atoms with Crippen molar-refractivity contribution in [2.75, 3.05) is 6.54 Å². The van der Waals surface area contributed by atoms with Crippen LogP contribution in [0.3, 0.4) is 0 Å². The van der Waals surface area contributed by atoms with E-state index in [1.165, 1.54) is 6.33 Å². The Bertz CT molecular complexity index is 467. The van der Waals surface area contributed by atoms with Gasteiger partial charge in [0.2, 0.25) is 0 Å². The summed E-state index contributed by atoms with van der Waals surface area (Å²) in [5.74, 6) is 0.794. The van der Waals surface area contributed by atoms with E-state index in [1.54, 1.807) is 0 Å². The van der Waals surface area contributed by atoms with Crippen LogP contribution in [0.1, 0.15) is 29.1 Å². The van der Waals surface area contributed by atoms with Gasteiger partial charge in [-0.3, -0.25) is 4.79 Å². The summed E-state index contributed by atoms with van der Waals surface area (Å²) in [4.78, 5) is 14.7. The van der Waals surface area contributed by atoms with E-state index in [1.807, 2.05) is 37.3 Å². The molecule has 88 valence electrons. The smallest absolute Gasteiger partial charge is 0.176 e. The minimum Gasteiger partial charge on any atom is -0.330 e. The molecule has 0 aliphatic carbocycles. The number of nitrogens with zero attached hydrogens (tertiary/aromatic N) is 2. The molecule has 0 amide bonds. The summed E-state index contributed by atoms with van der Waals surface area (Å²) in [7, 11) is 0. The lowest BCUT2D eigenvalue weighted by atomic mass is 10.1. The molecule has 0 aliphatic rings. The number of carbonyl (C=O) groups is 1. The highest BCUT2D eigenvalue weighted by molar-refractivity contribution is 5.97. The van der Waals surface area contributed by atoms with Gasteiger partial charge < -0.3 is 10.3 Å². The first-order chi connectivity index (χ1) is 8.27. The van der Waals surface area contributed by atoms with Crippen LogP contribution in [-0.4, -0.2) is 27.5 Å². The highest BCUT2D eigenvalue weighted by Gasteiger charge is 2.10. The maximum atomic E-state index is 11.8. The Morgan fingerprint density at radius 2 is 2.18 bits per heavy atom. The number of hydrogen-bond acceptors (Lipinski definition) is 4. The van der Waals surface area contributed by atoms with Gasteiger partial charge in [-0.25, -0.2) is 0 Å². The van der Waals surface area contributed by atoms with E-state index >= 15 is 0 Å². The van der Waals surface area contributed by atoms with E-state index in [2.05, 4.69) is 20.5 Å². The van der Waals surface area contributed by atoms with Gasteiger partial charge in [-0.05, 0) is 6.92 Å². The number of nitrogens with one attached hydrogen (secondary N) is 2. The van der Waals surface area contributed by atoms with Gasteiger partial charge in [0.05, 0.1) is 12.6 Å². The number of rotatable bonds is 5. The predicted molar refractivity (Wildman–Crippen MR) is 63.6 cm³/mol. The molecule has 0 fully saturated rings. The van der Waals surface area contributed by atoms with Crippen molar-refractivity contribution < 1.29 is 4.79 Å². The normalized spacial score (nSPS) is 12.3. The van der Waals surface area contributed by atoms with Crippen LogP contribution in [0.15, 0.2) is 36.7 Å². The highest BCUT2D eigenvalue weighted by Crippen LogP contribution is 2.05. The predicted octanol–water partition coefficient (Wildman–Crippen LogP) is 1.34. The van der Waals surface area contributed by atoms with Crippen LogP contribution in [-0.2, 0) is 0 Å². The molecule has 0 saturated heterocycles. The third-order valence-electron chi connectivity index (χ3n) is 2.51. The number of ketones is 1. The molecule has 2 N–H and O–H groups in total. The number of H-pyrrole nitrogens is 1. The molecule has 5 nitrogen and oxygen atoms in total. The van der Waals surface area contributed by atoms with Crippen LogP contribution >= 0.6 is 0 Å². The molecule has 0 bridgehead atoms. The molecule has 0 spiro atoms. The zero-order chi connectivity index (χ0) is 12.1. The standard InChI is InChI=1S/C12H14N4O/c1-9(12-14-8-15-16-12)13-7-11(17)10-5-3-2-4-6-10/h2-6,8-9,13H,7H2,1H3,(H,14,15,16). The first-order valence-corrected chi connectivity index (χ1v) is 5.45. The van der Waals surface area contributed by atoms with Crippen molar-refractivity contribution in [3.05, 3.63) is 48.0 Å². The number of hydrogen-bond donors (Lipinski definition) is 2. The molecule has 1 heterocycles. The van der Waals surface area contributed by atoms with Crippen LogP contribution in [0, 0.1) is 0 Å². The van der Waals surface area contributed by atoms with E-state index in [-0.39, 0.29) is 18.4 Å². The molecule has 1 aromatic carbocycles. The van der Waals surface area contributed by atoms with E-state index in [4.69, 9.17) is 0 Å². The summed E-state index contributed by atoms with van der Waals surface area (Å²) >= 11 is 0. The lowest BCUT2D eigenvalue weighted by molar-refractivity contribution is 0.0987. The first kappa shape index (κ1) is 11.5. The molecular formula is C12H14N4O. The summed E-state index contributed by atoms with van der Waals surface area (Å²) in [6, 6.07) is 9.19. The van der Waals surface area contributed by atoms with Crippen LogP contribution < -0.4 is 5.32 Å². The quantitative estimate of drug-likeness (QED) is 0.760. The molecule has 17 heavy (non-hydrogen) atoms. The van der Waals surface area contributed by atoms with Crippen LogP contribution in [0.2, 0.25) is 0 Å². The molecule has 0 radical (unpaired) electrons. The zero-order valence-electron chi connectivity index (χ0n) is 9.55. The number of carbonyl (C=O) groups excluding carboxylic acids is 1. The average molecular weight is 230 g/mol. The summed E-state index contributed by atoms with van der Waals surface area (Å²) in [6.45, 7) is 2.21. The number of aromatic nitrogens is 3. The lowest BCUT2D eigenvalue weighted by Crippen LogP contribution is -2.26. The molecule has 0 saturated carbocycles. The largest absolute Gasteiger partial charge is 0.330 e. The van der Waals surface area contributed by atoms with Gasteiger partial charge in [-0.2, -0.15) is 0 Å². The second-order valence-electron chi connectivity index (χ2n) is 3.77. The Labute approximate surface area is 99.3 Å². The van der Waals surface area contributed by atoms with Crippen molar-refractivity contribution in [3.63, 3.8) is 0 Å². The van der Waals surface area contributed by atoms with Crippen LogP contribution in [0.4, 0.5) is 0 Å². The first-order valence-electron chi connectivity index (χ1n) is 5.45. The molecule has 2 rings (SSSR count). The van der Waals surface area contributed by atoms with Gasteiger partial charge in [-0.15, -0.1) is 10.2 Å². The molecule has 2 aromatic rings. The lowest BCUT2D eigenvalue weighted by Gasteiger charge is -2.09. The Balaban J connectivity index is 1.89. The zero-order valence-corrected chi connectivity index (χ0v) is 9.55. The van der Waals surface area contributed by atoms with Gasteiger partial charge in [-0.1, -0.05) is 30.3 Å². The van der Waals surface area contributed by atoms with Gasteiger partial charge >= 0.3 is 0 Å². The average Bonchev–Trinajstić information content (AvgIpc) is 2.90. The maximum absolute atomic E-state index is 11.8. The Morgan fingerprint density at radius 1 is 1.41 bits per heavy atom. The van der Waals surface area contributed by atoms with E-state index < -0.39 is 0 Å². The van der Waals surface area contributed by atoms with E-state index in [9.17, 15) is 4.79 Å². The second kappa shape index (κ2) is 5.36. The number of aromatic amines is 1. The molecular weight excluding hydrogens is 216 g/mol. The molecule has 1 aromatic heterocycles. The third kappa shape index (κ3) is 2.98. The molecule has 1 unspecified atom stereocenters. The minimum absolute atomic E-state index is 0.0230. The van der Waals surface area contributed by atoms with Crippen molar-refractivity contribution in [1.29, 1.82) is 0 Å². The minimum atomic E-state index is -0.0230.